The van der Waals surface area contributed by atoms with Gasteiger partial charge in [0.1, 0.15) is 0 Å². The van der Waals surface area contributed by atoms with E-state index in [0.717, 1.165) is 12.3 Å². The van der Waals surface area contributed by atoms with E-state index in [1.165, 1.54) is 32.1 Å². The van der Waals surface area contributed by atoms with Crippen molar-refractivity contribution in [2.45, 2.75) is 77.0 Å². The maximum Gasteiger partial charge on any atom is 0.0756 e. The van der Waals surface area contributed by atoms with Crippen molar-refractivity contribution in [2.75, 3.05) is 13.6 Å². The first-order valence-corrected chi connectivity index (χ1v) is 7.54. The zero-order chi connectivity index (χ0) is 13.8. The second-order valence-corrected chi connectivity index (χ2v) is 6.50. The van der Waals surface area contributed by atoms with Crippen molar-refractivity contribution in [3.63, 3.8) is 0 Å². The third-order valence-electron chi connectivity index (χ3n) is 4.84. The van der Waals surface area contributed by atoms with Gasteiger partial charge in [0.25, 0.3) is 0 Å². The number of hydrogen-bond acceptors (Lipinski definition) is 3. The number of nitrogens with two attached hydrogens (primary N) is 1. The summed E-state index contributed by atoms with van der Waals surface area (Å²) in [4.78, 5) is 2.45. The van der Waals surface area contributed by atoms with E-state index in [1.807, 2.05) is 6.92 Å². The van der Waals surface area contributed by atoms with Crippen molar-refractivity contribution in [3.8, 4) is 0 Å². The second-order valence-electron chi connectivity index (χ2n) is 6.50. The predicted molar refractivity (Wildman–Crippen MR) is 77.6 cm³/mol. The summed E-state index contributed by atoms with van der Waals surface area (Å²) in [5.41, 5.74) is 4.87. The first-order valence-electron chi connectivity index (χ1n) is 7.54. The SMILES string of the molecule is CCC1CCC(N(C)C(C)CC(C)(O)CN)CC1. The molecule has 1 rings (SSSR count). The maximum atomic E-state index is 10.1. The Morgan fingerprint density at radius 3 is 2.33 bits per heavy atom. The molecule has 1 aliphatic rings. The molecule has 0 aromatic heterocycles. The van der Waals surface area contributed by atoms with Crippen molar-refractivity contribution in [1.82, 2.24) is 4.90 Å². The van der Waals surface area contributed by atoms with Gasteiger partial charge in [-0.25, -0.2) is 0 Å². The molecule has 0 aliphatic heterocycles. The molecule has 2 atom stereocenters. The summed E-state index contributed by atoms with van der Waals surface area (Å²) in [6, 6.07) is 1.09. The van der Waals surface area contributed by atoms with Crippen LogP contribution in [-0.4, -0.2) is 41.3 Å². The molecule has 0 radical (unpaired) electrons. The predicted octanol–water partition coefficient (Wildman–Crippen LogP) is 2.38. The minimum absolute atomic E-state index is 0.341. The molecule has 3 heteroatoms. The van der Waals surface area contributed by atoms with E-state index < -0.39 is 5.60 Å². The Bertz CT molecular complexity index is 235. The quantitative estimate of drug-likeness (QED) is 0.767. The largest absolute Gasteiger partial charge is 0.389 e. The van der Waals surface area contributed by atoms with Crippen molar-refractivity contribution >= 4 is 0 Å². The Hall–Kier alpha value is -0.120. The number of aliphatic hydroxyl groups is 1. The van der Waals surface area contributed by atoms with Gasteiger partial charge in [0.2, 0.25) is 0 Å². The molecule has 0 aromatic carbocycles. The number of nitrogens with zero attached hydrogens (tertiary/aromatic N) is 1. The third kappa shape index (κ3) is 4.52. The van der Waals surface area contributed by atoms with Gasteiger partial charge in [0.15, 0.2) is 0 Å². The van der Waals surface area contributed by atoms with Gasteiger partial charge in [-0.05, 0) is 58.9 Å². The molecule has 3 N–H and O–H groups in total. The summed E-state index contributed by atoms with van der Waals surface area (Å²) in [7, 11) is 2.20. The van der Waals surface area contributed by atoms with Crippen LogP contribution < -0.4 is 5.73 Å². The molecule has 0 heterocycles. The Kier molecular flexibility index (Phi) is 6.09. The molecular weight excluding hydrogens is 224 g/mol. The molecular formula is C15H32N2O. The minimum atomic E-state index is -0.728. The highest BCUT2D eigenvalue weighted by molar-refractivity contribution is 4.84. The standard InChI is InChI=1S/C15H32N2O/c1-5-13-6-8-14(9-7-13)17(4)12(2)10-15(3,18)11-16/h12-14,18H,5-11,16H2,1-4H3. The van der Waals surface area contributed by atoms with Crippen molar-refractivity contribution in [3.05, 3.63) is 0 Å². The van der Waals surface area contributed by atoms with Crippen LogP contribution in [0.5, 0.6) is 0 Å². The molecule has 108 valence electrons. The molecule has 1 aliphatic carbocycles. The highest BCUT2D eigenvalue weighted by atomic mass is 16.3. The summed E-state index contributed by atoms with van der Waals surface area (Å²) in [6.45, 7) is 6.69. The highest BCUT2D eigenvalue weighted by Gasteiger charge is 2.29. The Morgan fingerprint density at radius 2 is 1.89 bits per heavy atom. The average molecular weight is 256 g/mol. The molecule has 1 saturated carbocycles. The van der Waals surface area contributed by atoms with Gasteiger partial charge in [-0.2, -0.15) is 0 Å². The zero-order valence-electron chi connectivity index (χ0n) is 12.7. The van der Waals surface area contributed by atoms with E-state index in [1.54, 1.807) is 0 Å². The first-order chi connectivity index (χ1) is 8.39. The maximum absolute atomic E-state index is 10.1. The van der Waals surface area contributed by atoms with E-state index >= 15 is 0 Å². The molecule has 0 spiro atoms. The van der Waals surface area contributed by atoms with Crippen LogP contribution in [0.25, 0.3) is 0 Å². The van der Waals surface area contributed by atoms with Crippen molar-refractivity contribution in [2.24, 2.45) is 11.7 Å². The van der Waals surface area contributed by atoms with E-state index in [-0.39, 0.29) is 0 Å². The lowest BCUT2D eigenvalue weighted by Crippen LogP contribution is -2.46. The first kappa shape index (κ1) is 15.9. The second kappa shape index (κ2) is 6.88. The average Bonchev–Trinajstić information content (AvgIpc) is 2.37. The van der Waals surface area contributed by atoms with E-state index in [9.17, 15) is 5.11 Å². The lowest BCUT2D eigenvalue weighted by atomic mass is 9.83. The van der Waals surface area contributed by atoms with Crippen LogP contribution in [0.3, 0.4) is 0 Å². The van der Waals surface area contributed by atoms with Crippen LogP contribution in [0.4, 0.5) is 0 Å². The molecule has 1 fully saturated rings. The van der Waals surface area contributed by atoms with Gasteiger partial charge < -0.3 is 15.7 Å². The fourth-order valence-electron chi connectivity index (χ4n) is 3.18. The summed E-state index contributed by atoms with van der Waals surface area (Å²) in [5.74, 6) is 0.942. The fraction of sp³-hybridized carbons (Fsp3) is 1.00. The van der Waals surface area contributed by atoms with Gasteiger partial charge in [-0.1, -0.05) is 13.3 Å². The fourth-order valence-corrected chi connectivity index (χ4v) is 3.18. The Balaban J connectivity index is 2.42. The monoisotopic (exact) mass is 256 g/mol. The smallest absolute Gasteiger partial charge is 0.0756 e. The lowest BCUT2D eigenvalue weighted by molar-refractivity contribution is 0.0194. The summed E-state index contributed by atoms with van der Waals surface area (Å²) < 4.78 is 0. The van der Waals surface area contributed by atoms with E-state index in [0.29, 0.717) is 18.6 Å². The molecule has 0 aromatic rings. The van der Waals surface area contributed by atoms with Crippen LogP contribution in [0.15, 0.2) is 0 Å². The Morgan fingerprint density at radius 1 is 1.33 bits per heavy atom. The van der Waals surface area contributed by atoms with Gasteiger partial charge in [0, 0.05) is 18.6 Å². The topological polar surface area (TPSA) is 49.5 Å². The summed E-state index contributed by atoms with van der Waals surface area (Å²) in [5, 5.41) is 10.1. The van der Waals surface area contributed by atoms with Crippen LogP contribution in [0.2, 0.25) is 0 Å². The van der Waals surface area contributed by atoms with Crippen molar-refractivity contribution < 1.29 is 5.11 Å². The third-order valence-corrected chi connectivity index (χ3v) is 4.84. The van der Waals surface area contributed by atoms with E-state index in [2.05, 4.69) is 25.8 Å². The Labute approximate surface area is 113 Å². The van der Waals surface area contributed by atoms with Gasteiger partial charge in [-0.15, -0.1) is 0 Å². The van der Waals surface area contributed by atoms with Crippen LogP contribution >= 0.6 is 0 Å². The number of hydrogen-bond donors (Lipinski definition) is 2. The highest BCUT2D eigenvalue weighted by Crippen LogP contribution is 2.30. The zero-order valence-corrected chi connectivity index (χ0v) is 12.7. The molecule has 0 amide bonds. The van der Waals surface area contributed by atoms with Crippen LogP contribution in [0, 0.1) is 5.92 Å². The van der Waals surface area contributed by atoms with Crippen LogP contribution in [0.1, 0.15) is 59.3 Å². The number of rotatable bonds is 6. The normalized spacial score (nSPS) is 30.2. The van der Waals surface area contributed by atoms with Gasteiger partial charge in [0.05, 0.1) is 5.60 Å². The van der Waals surface area contributed by atoms with E-state index in [4.69, 9.17) is 5.73 Å². The molecule has 2 unspecified atom stereocenters. The molecule has 0 saturated heterocycles. The lowest BCUT2D eigenvalue weighted by Gasteiger charge is -2.39. The van der Waals surface area contributed by atoms with Gasteiger partial charge >= 0.3 is 0 Å². The van der Waals surface area contributed by atoms with Gasteiger partial charge in [-0.3, -0.25) is 0 Å². The molecule has 18 heavy (non-hydrogen) atoms. The summed E-state index contributed by atoms with van der Waals surface area (Å²) >= 11 is 0. The molecule has 3 nitrogen and oxygen atoms in total. The summed E-state index contributed by atoms with van der Waals surface area (Å²) in [6.07, 6.45) is 7.44. The van der Waals surface area contributed by atoms with Crippen LogP contribution in [-0.2, 0) is 0 Å². The molecule has 0 bridgehead atoms. The minimum Gasteiger partial charge on any atom is -0.389 e. The van der Waals surface area contributed by atoms with Crippen molar-refractivity contribution in [1.29, 1.82) is 0 Å².